The molecule has 0 unspecified atom stereocenters. The third-order valence-electron chi connectivity index (χ3n) is 2.76. The Morgan fingerprint density at radius 3 is 1.12 bits per heavy atom. The minimum Gasteiger partial charge on any atom is -0.463 e. The van der Waals surface area contributed by atoms with E-state index in [2.05, 4.69) is 47.5 Å². The molecule has 0 amide bonds. The Bertz CT molecular complexity index is 512. The zero-order valence-corrected chi connectivity index (χ0v) is 20.3. The van der Waals surface area contributed by atoms with Gasteiger partial charge in [-0.1, -0.05) is 39.7 Å². The first-order valence-corrected chi connectivity index (χ1v) is 10.4. The summed E-state index contributed by atoms with van der Waals surface area (Å²) in [7, 11) is 0. The van der Waals surface area contributed by atoms with Gasteiger partial charge in [0.15, 0.2) is 0 Å². The predicted octanol–water partition coefficient (Wildman–Crippen LogP) is 4.50. The average Bonchev–Trinajstić information content (AvgIpc) is 2.79. The predicted molar refractivity (Wildman–Crippen MR) is 126 cm³/mol. The minimum atomic E-state index is -0.359. The van der Waals surface area contributed by atoms with E-state index in [0.29, 0.717) is 32.0 Å². The van der Waals surface area contributed by atoms with Crippen molar-refractivity contribution in [2.75, 3.05) is 26.4 Å². The second-order valence-corrected chi connectivity index (χ2v) is 5.30. The van der Waals surface area contributed by atoms with E-state index in [1.165, 1.54) is 0 Å². The lowest BCUT2D eigenvalue weighted by molar-refractivity contribution is -0.139. The van der Waals surface area contributed by atoms with Crippen molar-refractivity contribution in [2.24, 2.45) is 0 Å². The van der Waals surface area contributed by atoms with Crippen molar-refractivity contribution in [3.8, 4) is 0 Å². The van der Waals surface area contributed by atoms with Crippen molar-refractivity contribution < 1.29 is 38.1 Å². The summed E-state index contributed by atoms with van der Waals surface area (Å²) >= 11 is 0. The number of hydrogen-bond donors (Lipinski definition) is 0. The highest BCUT2D eigenvalue weighted by Crippen LogP contribution is 2.06. The molecule has 184 valence electrons. The highest BCUT2D eigenvalue weighted by Gasteiger charge is 2.05. The fourth-order valence-electron chi connectivity index (χ4n) is 1.33. The van der Waals surface area contributed by atoms with Gasteiger partial charge in [0.25, 0.3) is 0 Å². The third-order valence-corrected chi connectivity index (χ3v) is 2.76. The number of esters is 4. The Balaban J connectivity index is -0.000000167. The molecule has 0 fully saturated rings. The molecule has 0 aromatic rings. The molecule has 0 heterocycles. The lowest BCUT2D eigenvalue weighted by atomic mass is 10.1. The molecule has 0 aromatic heterocycles. The summed E-state index contributed by atoms with van der Waals surface area (Å²) in [6.07, 6.45) is 6.28. The molecule has 0 aromatic carbocycles. The van der Waals surface area contributed by atoms with Crippen LogP contribution in [0.2, 0.25) is 0 Å². The van der Waals surface area contributed by atoms with E-state index < -0.39 is 0 Å². The van der Waals surface area contributed by atoms with Gasteiger partial charge in [0.1, 0.15) is 0 Å². The van der Waals surface area contributed by atoms with Crippen LogP contribution in [-0.2, 0) is 38.1 Å². The van der Waals surface area contributed by atoms with Crippen LogP contribution in [0.1, 0.15) is 53.9 Å². The number of carbonyl (C=O) groups excluding carboxylic acids is 4. The van der Waals surface area contributed by atoms with Crippen molar-refractivity contribution in [3.63, 3.8) is 0 Å². The number of rotatable bonds is 11. The number of ether oxygens (including phenoxy) is 4. The van der Waals surface area contributed by atoms with Gasteiger partial charge in [0.05, 0.1) is 26.4 Å². The quantitative estimate of drug-likeness (QED) is 0.254. The Labute approximate surface area is 192 Å². The molecule has 0 aliphatic heterocycles. The third kappa shape index (κ3) is 34.4. The zero-order valence-electron chi connectivity index (χ0n) is 20.3. The van der Waals surface area contributed by atoms with Crippen LogP contribution in [0.5, 0.6) is 0 Å². The van der Waals surface area contributed by atoms with Crippen LogP contribution in [0.15, 0.2) is 50.1 Å². The van der Waals surface area contributed by atoms with E-state index in [1.54, 1.807) is 27.7 Å². The van der Waals surface area contributed by atoms with Gasteiger partial charge in [0.2, 0.25) is 0 Å². The molecular weight excluding hydrogens is 416 g/mol. The Kier molecular flexibility index (Phi) is 34.0. The Morgan fingerprint density at radius 2 is 0.938 bits per heavy atom. The second kappa shape index (κ2) is 30.0. The molecule has 8 heteroatoms. The Morgan fingerprint density at radius 1 is 0.625 bits per heavy atom. The molecule has 0 aliphatic carbocycles. The summed E-state index contributed by atoms with van der Waals surface area (Å²) in [5.41, 5.74) is 0.591. The maximum Gasteiger partial charge on any atom is 0.333 e. The largest absolute Gasteiger partial charge is 0.463 e. The average molecular weight is 457 g/mol. The first-order chi connectivity index (χ1) is 15.1. The maximum atomic E-state index is 10.9. The lowest BCUT2D eigenvalue weighted by Gasteiger charge is -2.02. The van der Waals surface area contributed by atoms with E-state index in [0.717, 1.165) is 37.5 Å². The summed E-state index contributed by atoms with van der Waals surface area (Å²) in [6, 6.07) is 0. The maximum absolute atomic E-state index is 10.9. The molecule has 0 radical (unpaired) electrons. The van der Waals surface area contributed by atoms with Crippen LogP contribution in [0.25, 0.3) is 0 Å². The molecule has 0 saturated carbocycles. The monoisotopic (exact) mass is 456 g/mol. The standard InChI is InChI=1S/C9H16O2.3C5H8O2/c1-4-6-7-8(3)9(10)11-5-2;3*1-3-5(6)7-4-2/h3-7H2,1-2H3;3*3H,1,4H2,2H3. The van der Waals surface area contributed by atoms with Gasteiger partial charge >= 0.3 is 23.9 Å². The fourth-order valence-corrected chi connectivity index (χ4v) is 1.33. The first kappa shape index (κ1) is 36.2. The molecular formula is C24H40O8. The topological polar surface area (TPSA) is 105 Å². The summed E-state index contributed by atoms with van der Waals surface area (Å²) in [5.74, 6) is -1.33. The fraction of sp³-hybridized carbons (Fsp3) is 0.500. The van der Waals surface area contributed by atoms with Crippen molar-refractivity contribution in [2.45, 2.75) is 53.9 Å². The molecule has 32 heavy (non-hydrogen) atoms. The van der Waals surface area contributed by atoms with Crippen molar-refractivity contribution in [1.29, 1.82) is 0 Å². The highest BCUT2D eigenvalue weighted by atomic mass is 16.5. The van der Waals surface area contributed by atoms with E-state index in [9.17, 15) is 19.2 Å². The normalized spacial score (nSPS) is 8.16. The summed E-state index contributed by atoms with van der Waals surface area (Å²) in [5, 5.41) is 0. The molecule has 8 nitrogen and oxygen atoms in total. The highest BCUT2D eigenvalue weighted by molar-refractivity contribution is 5.87. The zero-order chi connectivity index (χ0) is 25.8. The summed E-state index contributed by atoms with van der Waals surface area (Å²) < 4.78 is 18.1. The van der Waals surface area contributed by atoms with Gasteiger partial charge in [-0.3, -0.25) is 0 Å². The molecule has 0 saturated heterocycles. The molecule has 0 bridgehead atoms. The van der Waals surface area contributed by atoms with Gasteiger partial charge in [-0.2, -0.15) is 0 Å². The number of carbonyl (C=O) groups is 4. The minimum absolute atomic E-state index is 0.249. The SMILES string of the molecule is C=C(CCCC)C(=O)OCC.C=CC(=O)OCC.C=CC(=O)OCC.C=CC(=O)OCC. The van der Waals surface area contributed by atoms with Gasteiger partial charge < -0.3 is 18.9 Å². The Hall–Kier alpha value is -3.16. The van der Waals surface area contributed by atoms with Crippen molar-refractivity contribution in [3.05, 3.63) is 50.1 Å². The van der Waals surface area contributed by atoms with Crippen LogP contribution in [-0.4, -0.2) is 50.3 Å². The van der Waals surface area contributed by atoms with Crippen LogP contribution < -0.4 is 0 Å². The van der Waals surface area contributed by atoms with Crippen LogP contribution in [0.4, 0.5) is 0 Å². The molecule has 0 atom stereocenters. The van der Waals surface area contributed by atoms with Gasteiger partial charge in [0, 0.05) is 23.8 Å². The van der Waals surface area contributed by atoms with E-state index >= 15 is 0 Å². The number of unbranched alkanes of at least 4 members (excludes halogenated alkanes) is 1. The second-order valence-electron chi connectivity index (χ2n) is 5.30. The molecule has 0 rings (SSSR count). The number of hydrogen-bond acceptors (Lipinski definition) is 8. The van der Waals surface area contributed by atoms with Crippen LogP contribution in [0, 0.1) is 0 Å². The van der Waals surface area contributed by atoms with Gasteiger partial charge in [-0.25, -0.2) is 19.2 Å². The van der Waals surface area contributed by atoms with E-state index in [-0.39, 0.29) is 23.9 Å². The lowest BCUT2D eigenvalue weighted by Crippen LogP contribution is -2.06. The van der Waals surface area contributed by atoms with Crippen LogP contribution in [0.3, 0.4) is 0 Å². The van der Waals surface area contributed by atoms with Crippen molar-refractivity contribution in [1.82, 2.24) is 0 Å². The van der Waals surface area contributed by atoms with Crippen molar-refractivity contribution >= 4 is 23.9 Å². The summed E-state index contributed by atoms with van der Waals surface area (Å²) in [6.45, 7) is 24.1. The van der Waals surface area contributed by atoms with E-state index in [4.69, 9.17) is 4.74 Å². The molecule has 0 N–H and O–H groups in total. The van der Waals surface area contributed by atoms with Gasteiger partial charge in [-0.15, -0.1) is 0 Å². The summed E-state index contributed by atoms with van der Waals surface area (Å²) in [4.78, 5) is 41.1. The smallest absolute Gasteiger partial charge is 0.333 e. The van der Waals surface area contributed by atoms with E-state index in [1.807, 2.05) is 0 Å². The molecule has 0 spiro atoms. The first-order valence-electron chi connectivity index (χ1n) is 10.4. The molecule has 0 aliphatic rings. The van der Waals surface area contributed by atoms with Gasteiger partial charge in [-0.05, 0) is 40.5 Å². The van der Waals surface area contributed by atoms with Crippen LogP contribution >= 0.6 is 0 Å².